The summed E-state index contributed by atoms with van der Waals surface area (Å²) in [6.07, 6.45) is 6.04. The molecule has 1 N–H and O–H groups in total. The molecule has 1 aliphatic carbocycles. The molecule has 0 saturated heterocycles. The van der Waals surface area contributed by atoms with Crippen molar-refractivity contribution in [1.29, 1.82) is 0 Å². The molecule has 0 spiro atoms. The summed E-state index contributed by atoms with van der Waals surface area (Å²) in [5.74, 6) is 2.45. The first-order valence-electron chi connectivity index (χ1n) is 7.71. The fourth-order valence-electron chi connectivity index (χ4n) is 3.28. The van der Waals surface area contributed by atoms with Crippen LogP contribution >= 0.6 is 0 Å². The van der Waals surface area contributed by atoms with Crippen molar-refractivity contribution in [3.05, 3.63) is 29.6 Å². The Morgan fingerprint density at radius 2 is 2.11 bits per heavy atom. The highest BCUT2D eigenvalue weighted by atomic mass is 14.9. The minimum atomic E-state index is 0.659. The third kappa shape index (κ3) is 4.04. The van der Waals surface area contributed by atoms with Crippen molar-refractivity contribution >= 4 is 0 Å². The van der Waals surface area contributed by atoms with E-state index in [1.54, 1.807) is 0 Å². The van der Waals surface area contributed by atoms with Gasteiger partial charge in [-0.1, -0.05) is 33.3 Å². The van der Waals surface area contributed by atoms with Crippen molar-refractivity contribution < 1.29 is 0 Å². The van der Waals surface area contributed by atoms with Crippen LogP contribution < -0.4 is 5.32 Å². The molecule has 1 aromatic heterocycles. The molecular weight excluding hydrogens is 232 g/mol. The second-order valence-corrected chi connectivity index (χ2v) is 6.64. The predicted molar refractivity (Wildman–Crippen MR) is 80.9 cm³/mol. The summed E-state index contributed by atoms with van der Waals surface area (Å²) in [6, 6.07) is 4.94. The number of rotatable bonds is 4. The van der Waals surface area contributed by atoms with E-state index < -0.39 is 0 Å². The number of hydrogen-bond donors (Lipinski definition) is 1. The Hall–Kier alpha value is -0.890. The highest BCUT2D eigenvalue weighted by molar-refractivity contribution is 5.12. The maximum Gasteiger partial charge on any atom is 0.0541 e. The van der Waals surface area contributed by atoms with Crippen molar-refractivity contribution in [3.8, 4) is 0 Å². The lowest BCUT2D eigenvalue weighted by atomic mass is 9.74. The summed E-state index contributed by atoms with van der Waals surface area (Å²) in [6.45, 7) is 10.1. The first-order chi connectivity index (χ1) is 9.06. The quantitative estimate of drug-likeness (QED) is 0.887. The minimum Gasteiger partial charge on any atom is -0.308 e. The van der Waals surface area contributed by atoms with E-state index in [9.17, 15) is 0 Å². The van der Waals surface area contributed by atoms with Crippen LogP contribution in [0.4, 0.5) is 0 Å². The lowest BCUT2D eigenvalue weighted by Gasteiger charge is -2.38. The molecule has 0 bridgehead atoms. The summed E-state index contributed by atoms with van der Waals surface area (Å²) in [7, 11) is 0. The van der Waals surface area contributed by atoms with E-state index in [0.29, 0.717) is 6.04 Å². The average molecular weight is 260 g/mol. The third-order valence-corrected chi connectivity index (χ3v) is 4.54. The molecule has 0 radical (unpaired) electrons. The monoisotopic (exact) mass is 260 g/mol. The summed E-state index contributed by atoms with van der Waals surface area (Å²) in [4.78, 5) is 4.49. The summed E-state index contributed by atoms with van der Waals surface area (Å²) in [5.41, 5.74) is 2.39. The molecule has 0 aliphatic heterocycles. The van der Waals surface area contributed by atoms with E-state index >= 15 is 0 Å². The maximum absolute atomic E-state index is 4.49. The van der Waals surface area contributed by atoms with Gasteiger partial charge in [0.15, 0.2) is 0 Å². The van der Waals surface area contributed by atoms with Gasteiger partial charge in [-0.15, -0.1) is 0 Å². The Bertz CT molecular complexity index is 383. The van der Waals surface area contributed by atoms with E-state index in [1.165, 1.54) is 24.8 Å². The van der Waals surface area contributed by atoms with Crippen molar-refractivity contribution in [1.82, 2.24) is 10.3 Å². The van der Waals surface area contributed by atoms with Crippen LogP contribution in [0.3, 0.4) is 0 Å². The van der Waals surface area contributed by atoms with Crippen LogP contribution in [-0.4, -0.2) is 11.0 Å². The van der Waals surface area contributed by atoms with Crippen LogP contribution in [0.25, 0.3) is 0 Å². The number of hydrogen-bond acceptors (Lipinski definition) is 2. The van der Waals surface area contributed by atoms with E-state index in [1.807, 2.05) is 6.20 Å². The summed E-state index contributed by atoms with van der Waals surface area (Å²) < 4.78 is 0. The lowest BCUT2D eigenvalue weighted by molar-refractivity contribution is 0.169. The van der Waals surface area contributed by atoms with Gasteiger partial charge in [0, 0.05) is 18.8 Å². The molecule has 3 unspecified atom stereocenters. The van der Waals surface area contributed by atoms with Crippen molar-refractivity contribution in [2.45, 2.75) is 59.5 Å². The first kappa shape index (κ1) is 14.5. The van der Waals surface area contributed by atoms with Crippen LogP contribution in [-0.2, 0) is 6.54 Å². The van der Waals surface area contributed by atoms with Crippen LogP contribution in [0.2, 0.25) is 0 Å². The summed E-state index contributed by atoms with van der Waals surface area (Å²) in [5, 5.41) is 3.76. The number of nitrogens with one attached hydrogen (secondary N) is 1. The van der Waals surface area contributed by atoms with E-state index in [0.717, 1.165) is 30.0 Å². The average Bonchev–Trinajstić information content (AvgIpc) is 2.38. The molecule has 2 heteroatoms. The Kier molecular flexibility index (Phi) is 4.98. The highest BCUT2D eigenvalue weighted by Crippen LogP contribution is 2.33. The van der Waals surface area contributed by atoms with E-state index in [-0.39, 0.29) is 0 Å². The molecule has 19 heavy (non-hydrogen) atoms. The molecule has 106 valence electrons. The normalized spacial score (nSPS) is 27.7. The van der Waals surface area contributed by atoms with E-state index in [4.69, 9.17) is 0 Å². The second-order valence-electron chi connectivity index (χ2n) is 6.64. The second kappa shape index (κ2) is 6.51. The van der Waals surface area contributed by atoms with Gasteiger partial charge >= 0.3 is 0 Å². The van der Waals surface area contributed by atoms with Gasteiger partial charge < -0.3 is 5.32 Å². The zero-order chi connectivity index (χ0) is 13.8. The molecule has 1 fully saturated rings. The lowest BCUT2D eigenvalue weighted by Crippen LogP contribution is -2.42. The zero-order valence-corrected chi connectivity index (χ0v) is 12.8. The van der Waals surface area contributed by atoms with Gasteiger partial charge in [0.25, 0.3) is 0 Å². The molecule has 0 amide bonds. The van der Waals surface area contributed by atoms with Gasteiger partial charge in [-0.3, -0.25) is 4.98 Å². The molecule has 1 saturated carbocycles. The standard InChI is InChI=1S/C17H28N2/c1-12(2)16-8-6-13(3)9-17(16)19-11-15-7-5-14(4)10-18-15/h5,7,10,12-13,16-17,19H,6,8-9,11H2,1-4H3. The molecule has 1 aliphatic rings. The van der Waals surface area contributed by atoms with Crippen molar-refractivity contribution in [3.63, 3.8) is 0 Å². The van der Waals surface area contributed by atoms with Crippen LogP contribution in [0.5, 0.6) is 0 Å². The Morgan fingerprint density at radius 3 is 2.74 bits per heavy atom. The maximum atomic E-state index is 4.49. The molecule has 2 rings (SSSR count). The molecule has 0 aromatic carbocycles. The van der Waals surface area contributed by atoms with Gasteiger partial charge in [0.1, 0.15) is 0 Å². The van der Waals surface area contributed by atoms with Gasteiger partial charge in [0.2, 0.25) is 0 Å². The largest absolute Gasteiger partial charge is 0.308 e. The topological polar surface area (TPSA) is 24.9 Å². The molecule has 2 nitrogen and oxygen atoms in total. The number of nitrogens with zero attached hydrogens (tertiary/aromatic N) is 1. The predicted octanol–water partition coefficient (Wildman–Crippen LogP) is 3.94. The van der Waals surface area contributed by atoms with Crippen LogP contribution in [0, 0.1) is 24.7 Å². The summed E-state index contributed by atoms with van der Waals surface area (Å²) >= 11 is 0. The minimum absolute atomic E-state index is 0.659. The smallest absolute Gasteiger partial charge is 0.0541 e. The van der Waals surface area contributed by atoms with E-state index in [2.05, 4.69) is 50.1 Å². The third-order valence-electron chi connectivity index (χ3n) is 4.54. The molecule has 1 aromatic rings. The fraction of sp³-hybridized carbons (Fsp3) is 0.706. The van der Waals surface area contributed by atoms with Gasteiger partial charge in [0.05, 0.1) is 5.69 Å². The Labute approximate surface area is 118 Å². The van der Waals surface area contributed by atoms with Crippen molar-refractivity contribution in [2.75, 3.05) is 0 Å². The van der Waals surface area contributed by atoms with Crippen molar-refractivity contribution in [2.24, 2.45) is 17.8 Å². The van der Waals surface area contributed by atoms with Gasteiger partial charge in [-0.05, 0) is 49.1 Å². The molecular formula is C17H28N2. The molecule has 3 atom stereocenters. The number of aryl methyl sites for hydroxylation is 1. The van der Waals surface area contributed by atoms with Crippen LogP contribution in [0.1, 0.15) is 51.3 Å². The molecule has 1 heterocycles. The Balaban J connectivity index is 1.93. The van der Waals surface area contributed by atoms with Gasteiger partial charge in [-0.2, -0.15) is 0 Å². The Morgan fingerprint density at radius 1 is 1.32 bits per heavy atom. The fourth-order valence-corrected chi connectivity index (χ4v) is 3.28. The number of aromatic nitrogens is 1. The SMILES string of the molecule is Cc1ccc(CNC2CC(C)CCC2C(C)C)nc1. The van der Waals surface area contributed by atoms with Gasteiger partial charge in [-0.25, -0.2) is 0 Å². The zero-order valence-electron chi connectivity index (χ0n) is 12.8. The first-order valence-corrected chi connectivity index (χ1v) is 7.71. The van der Waals surface area contributed by atoms with Crippen LogP contribution in [0.15, 0.2) is 18.3 Å². The highest BCUT2D eigenvalue weighted by Gasteiger charge is 2.30. The number of pyridine rings is 1.